The van der Waals surface area contributed by atoms with E-state index in [0.717, 1.165) is 40.2 Å². The molecule has 0 aliphatic carbocycles. The van der Waals surface area contributed by atoms with Gasteiger partial charge < -0.3 is 17.2 Å². The highest BCUT2D eigenvalue weighted by molar-refractivity contribution is 5.63. The summed E-state index contributed by atoms with van der Waals surface area (Å²) in [5.74, 6) is 0. The topological polar surface area (TPSA) is 78.1 Å². The van der Waals surface area contributed by atoms with Gasteiger partial charge in [0.2, 0.25) is 0 Å². The van der Waals surface area contributed by atoms with Gasteiger partial charge in [-0.15, -0.1) is 0 Å². The fraction of sp³-hybridized carbons (Fsp3) is 0.143. The molecule has 0 bridgehead atoms. The molecule has 0 aliphatic rings. The van der Waals surface area contributed by atoms with Crippen molar-refractivity contribution in [2.45, 2.75) is 13.3 Å². The largest absolute Gasteiger partial charge is 0.399 e. The van der Waals surface area contributed by atoms with E-state index in [-0.39, 0.29) is 0 Å². The Morgan fingerprint density at radius 3 is 2.18 bits per heavy atom. The third-order valence-electron chi connectivity index (χ3n) is 3.10. The van der Waals surface area contributed by atoms with Crippen LogP contribution in [0.5, 0.6) is 0 Å². The Morgan fingerprint density at radius 2 is 1.47 bits per heavy atom. The van der Waals surface area contributed by atoms with Gasteiger partial charge in [0.05, 0.1) is 0 Å². The molecule has 0 fully saturated rings. The smallest absolute Gasteiger partial charge is 0.0354 e. The SMILES string of the molecule is Cc1c(N)ccc(N)c1Cc1ccccc1N. The number of hydrogen-bond acceptors (Lipinski definition) is 3. The average molecular weight is 227 g/mol. The Balaban J connectivity index is 2.43. The Bertz CT molecular complexity index is 547. The van der Waals surface area contributed by atoms with Crippen LogP contribution in [0.3, 0.4) is 0 Å². The molecule has 2 rings (SSSR count). The summed E-state index contributed by atoms with van der Waals surface area (Å²) >= 11 is 0. The maximum atomic E-state index is 5.99. The minimum atomic E-state index is 0.718. The quantitative estimate of drug-likeness (QED) is 0.689. The van der Waals surface area contributed by atoms with Gasteiger partial charge >= 0.3 is 0 Å². The van der Waals surface area contributed by atoms with Crippen molar-refractivity contribution in [1.82, 2.24) is 0 Å². The molecule has 0 aliphatic heterocycles. The predicted molar refractivity (Wildman–Crippen MR) is 73.7 cm³/mol. The minimum absolute atomic E-state index is 0.718. The summed E-state index contributed by atoms with van der Waals surface area (Å²) in [6.45, 7) is 1.99. The van der Waals surface area contributed by atoms with E-state index in [1.807, 2.05) is 43.3 Å². The van der Waals surface area contributed by atoms with Gasteiger partial charge in [0, 0.05) is 23.5 Å². The molecular weight excluding hydrogens is 210 g/mol. The van der Waals surface area contributed by atoms with Gasteiger partial charge in [0.25, 0.3) is 0 Å². The molecule has 0 heterocycles. The maximum Gasteiger partial charge on any atom is 0.0354 e. The van der Waals surface area contributed by atoms with Crippen LogP contribution in [0.1, 0.15) is 16.7 Å². The molecule has 0 aromatic heterocycles. The number of benzene rings is 2. The summed E-state index contributed by atoms with van der Waals surface area (Å²) in [5, 5.41) is 0. The number of hydrogen-bond donors (Lipinski definition) is 3. The van der Waals surface area contributed by atoms with Gasteiger partial charge in [-0.2, -0.15) is 0 Å². The van der Waals surface area contributed by atoms with E-state index in [1.54, 1.807) is 0 Å². The van der Waals surface area contributed by atoms with E-state index in [2.05, 4.69) is 0 Å². The second-order valence-corrected chi connectivity index (χ2v) is 4.22. The molecule has 88 valence electrons. The van der Waals surface area contributed by atoms with Crippen molar-refractivity contribution in [3.8, 4) is 0 Å². The van der Waals surface area contributed by atoms with Crippen molar-refractivity contribution < 1.29 is 0 Å². The normalized spacial score (nSPS) is 10.4. The summed E-state index contributed by atoms with van der Waals surface area (Å²) in [7, 11) is 0. The second kappa shape index (κ2) is 4.37. The number of nitrogen functional groups attached to an aromatic ring is 3. The van der Waals surface area contributed by atoms with Crippen LogP contribution in [0.2, 0.25) is 0 Å². The monoisotopic (exact) mass is 227 g/mol. The van der Waals surface area contributed by atoms with Crippen LogP contribution in [0.25, 0.3) is 0 Å². The van der Waals surface area contributed by atoms with Crippen LogP contribution < -0.4 is 17.2 Å². The molecule has 2 aromatic rings. The highest BCUT2D eigenvalue weighted by atomic mass is 14.6. The van der Waals surface area contributed by atoms with E-state index < -0.39 is 0 Å². The van der Waals surface area contributed by atoms with Crippen molar-refractivity contribution in [2.75, 3.05) is 17.2 Å². The van der Waals surface area contributed by atoms with Gasteiger partial charge in [-0.05, 0) is 41.8 Å². The van der Waals surface area contributed by atoms with E-state index in [9.17, 15) is 0 Å². The third kappa shape index (κ3) is 2.18. The van der Waals surface area contributed by atoms with Crippen LogP contribution in [-0.4, -0.2) is 0 Å². The van der Waals surface area contributed by atoms with E-state index in [4.69, 9.17) is 17.2 Å². The molecule has 17 heavy (non-hydrogen) atoms. The maximum absolute atomic E-state index is 5.99. The summed E-state index contributed by atoms with van der Waals surface area (Å²) < 4.78 is 0. The lowest BCUT2D eigenvalue weighted by atomic mass is 9.97. The zero-order chi connectivity index (χ0) is 12.4. The Kier molecular flexibility index (Phi) is 2.91. The fourth-order valence-corrected chi connectivity index (χ4v) is 1.92. The number of anilines is 3. The van der Waals surface area contributed by atoms with Crippen molar-refractivity contribution in [1.29, 1.82) is 0 Å². The first-order chi connectivity index (χ1) is 8.09. The summed E-state index contributed by atoms with van der Waals surface area (Å²) in [5.41, 5.74) is 23.3. The average Bonchev–Trinajstić information content (AvgIpc) is 2.32. The van der Waals surface area contributed by atoms with Gasteiger partial charge in [0.1, 0.15) is 0 Å². The van der Waals surface area contributed by atoms with Gasteiger partial charge in [-0.25, -0.2) is 0 Å². The molecule has 6 N–H and O–H groups in total. The van der Waals surface area contributed by atoms with Crippen LogP contribution >= 0.6 is 0 Å². The molecule has 0 spiro atoms. The van der Waals surface area contributed by atoms with Gasteiger partial charge in [-0.1, -0.05) is 18.2 Å². The molecule has 2 aromatic carbocycles. The van der Waals surface area contributed by atoms with E-state index in [0.29, 0.717) is 0 Å². The Labute approximate surface area is 101 Å². The molecule has 0 unspecified atom stereocenters. The van der Waals surface area contributed by atoms with E-state index >= 15 is 0 Å². The molecule has 0 radical (unpaired) electrons. The van der Waals surface area contributed by atoms with E-state index in [1.165, 1.54) is 0 Å². The fourth-order valence-electron chi connectivity index (χ4n) is 1.92. The zero-order valence-electron chi connectivity index (χ0n) is 9.90. The minimum Gasteiger partial charge on any atom is -0.399 e. The van der Waals surface area contributed by atoms with Crippen molar-refractivity contribution in [3.63, 3.8) is 0 Å². The van der Waals surface area contributed by atoms with Crippen molar-refractivity contribution in [3.05, 3.63) is 53.1 Å². The zero-order valence-corrected chi connectivity index (χ0v) is 9.90. The first-order valence-corrected chi connectivity index (χ1v) is 5.56. The van der Waals surface area contributed by atoms with Crippen LogP contribution in [0, 0.1) is 6.92 Å². The molecule has 3 nitrogen and oxygen atoms in total. The Morgan fingerprint density at radius 1 is 0.824 bits per heavy atom. The summed E-state index contributed by atoms with van der Waals surface area (Å²) in [6, 6.07) is 11.5. The number of para-hydroxylation sites is 1. The van der Waals surface area contributed by atoms with Gasteiger partial charge in [-0.3, -0.25) is 0 Å². The number of nitrogens with two attached hydrogens (primary N) is 3. The lowest BCUT2D eigenvalue weighted by Crippen LogP contribution is -2.03. The molecular formula is C14H17N3. The predicted octanol–water partition coefficient (Wildman–Crippen LogP) is 2.33. The Hall–Kier alpha value is -2.16. The van der Waals surface area contributed by atoms with Crippen molar-refractivity contribution >= 4 is 17.1 Å². The molecule has 3 heteroatoms. The van der Waals surface area contributed by atoms with Crippen molar-refractivity contribution in [2.24, 2.45) is 0 Å². The summed E-state index contributed by atoms with van der Waals surface area (Å²) in [4.78, 5) is 0. The second-order valence-electron chi connectivity index (χ2n) is 4.22. The first kappa shape index (κ1) is 11.3. The molecule has 0 saturated carbocycles. The molecule has 0 atom stereocenters. The highest BCUT2D eigenvalue weighted by Crippen LogP contribution is 2.26. The molecule has 0 amide bonds. The summed E-state index contributed by atoms with van der Waals surface area (Å²) in [6.07, 6.45) is 0.718. The third-order valence-corrected chi connectivity index (χ3v) is 3.10. The molecule has 0 saturated heterocycles. The lowest BCUT2D eigenvalue weighted by molar-refractivity contribution is 1.17. The highest BCUT2D eigenvalue weighted by Gasteiger charge is 2.08. The lowest BCUT2D eigenvalue weighted by Gasteiger charge is -2.13. The van der Waals surface area contributed by atoms with Gasteiger partial charge in [0.15, 0.2) is 0 Å². The van der Waals surface area contributed by atoms with Crippen LogP contribution in [0.15, 0.2) is 36.4 Å². The number of rotatable bonds is 2. The van der Waals surface area contributed by atoms with Crippen LogP contribution in [-0.2, 0) is 6.42 Å². The first-order valence-electron chi connectivity index (χ1n) is 5.56. The van der Waals surface area contributed by atoms with Crippen LogP contribution in [0.4, 0.5) is 17.1 Å². The standard InChI is InChI=1S/C14H17N3/c1-9-11(14(17)7-6-12(9)15)8-10-4-2-3-5-13(10)16/h2-7H,8,15-17H2,1H3.